The number of hydrogen-bond donors (Lipinski definition) is 1. The minimum atomic E-state index is -4.47. The molecule has 100 valence electrons. The van der Waals surface area contributed by atoms with Crippen molar-refractivity contribution in [3.63, 3.8) is 0 Å². The Balaban J connectivity index is 2.47. The molecule has 0 aliphatic rings. The predicted octanol–water partition coefficient (Wildman–Crippen LogP) is 1.68. The summed E-state index contributed by atoms with van der Waals surface area (Å²) in [5.74, 6) is -0.108. The summed E-state index contributed by atoms with van der Waals surface area (Å²) in [6.07, 6.45) is -1.36. The summed E-state index contributed by atoms with van der Waals surface area (Å²) >= 11 is 0. The molecule has 2 aromatic heterocycles. The normalized spacial score (nSPS) is 12.7. The van der Waals surface area contributed by atoms with Gasteiger partial charge >= 0.3 is 6.18 Å². The minimum Gasteiger partial charge on any atom is -0.409 e. The molecule has 0 aliphatic carbocycles. The molecule has 2 heterocycles. The molecule has 0 atom stereocenters. The molecule has 0 amide bonds. The quantitative estimate of drug-likeness (QED) is 0.370. The molecule has 0 saturated heterocycles. The van der Waals surface area contributed by atoms with Gasteiger partial charge in [-0.05, 0) is 18.6 Å². The summed E-state index contributed by atoms with van der Waals surface area (Å²) in [4.78, 5) is 7.33. The van der Waals surface area contributed by atoms with Gasteiger partial charge < -0.3 is 5.21 Å². The molecule has 2 rings (SSSR count). The Bertz CT molecular complexity index is 606. The molecule has 0 unspecified atom stereocenters. The summed E-state index contributed by atoms with van der Waals surface area (Å²) in [6.45, 7) is 1.43. The van der Waals surface area contributed by atoms with E-state index >= 15 is 0 Å². The topological polar surface area (TPSA) is 76.2 Å². The van der Waals surface area contributed by atoms with E-state index in [1.165, 1.54) is 19.6 Å². The van der Waals surface area contributed by atoms with Gasteiger partial charge in [-0.25, -0.2) is 4.98 Å². The number of aromatic nitrogens is 4. The number of alkyl halides is 3. The van der Waals surface area contributed by atoms with Crippen LogP contribution in [0.2, 0.25) is 0 Å². The zero-order valence-electron chi connectivity index (χ0n) is 9.63. The highest BCUT2D eigenvalue weighted by Crippen LogP contribution is 2.29. The number of oxime groups is 1. The third-order valence-electron chi connectivity index (χ3n) is 2.35. The lowest BCUT2D eigenvalue weighted by Gasteiger charge is -2.10. The smallest absolute Gasteiger partial charge is 0.409 e. The zero-order chi connectivity index (χ0) is 14.0. The van der Waals surface area contributed by atoms with Crippen molar-refractivity contribution < 1.29 is 18.4 Å². The first-order valence-corrected chi connectivity index (χ1v) is 5.04. The fourth-order valence-electron chi connectivity index (χ4n) is 1.48. The minimum absolute atomic E-state index is 0.0843. The zero-order valence-corrected chi connectivity index (χ0v) is 9.63. The van der Waals surface area contributed by atoms with Crippen molar-refractivity contribution in [2.45, 2.75) is 13.1 Å². The van der Waals surface area contributed by atoms with E-state index in [0.717, 1.165) is 10.7 Å². The first-order chi connectivity index (χ1) is 8.93. The second kappa shape index (κ2) is 4.67. The van der Waals surface area contributed by atoms with Crippen molar-refractivity contribution >= 4 is 5.84 Å². The summed E-state index contributed by atoms with van der Waals surface area (Å²) in [5, 5.41) is 15.7. The first kappa shape index (κ1) is 13.0. The Morgan fingerprint density at radius 3 is 2.63 bits per heavy atom. The maximum absolute atomic E-state index is 12.5. The van der Waals surface area contributed by atoms with Crippen molar-refractivity contribution in [3.8, 4) is 0 Å². The Morgan fingerprint density at radius 1 is 1.42 bits per heavy atom. The third kappa shape index (κ3) is 2.54. The molecule has 0 saturated carbocycles. The van der Waals surface area contributed by atoms with Crippen LogP contribution < -0.4 is 0 Å². The Morgan fingerprint density at radius 2 is 2.16 bits per heavy atom. The van der Waals surface area contributed by atoms with Crippen molar-refractivity contribution in [2.24, 2.45) is 5.16 Å². The van der Waals surface area contributed by atoms with Gasteiger partial charge in [0.25, 0.3) is 0 Å². The fraction of sp³-hybridized carbons (Fsp3) is 0.200. The molecule has 0 radical (unpaired) electrons. The lowest BCUT2D eigenvalue weighted by atomic mass is 10.1. The van der Waals surface area contributed by atoms with Crippen LogP contribution in [0.25, 0.3) is 0 Å². The summed E-state index contributed by atoms with van der Waals surface area (Å²) in [6, 6.07) is 0.921. The van der Waals surface area contributed by atoms with Gasteiger partial charge in [0.1, 0.15) is 18.3 Å². The first-order valence-electron chi connectivity index (χ1n) is 5.04. The number of aryl methyl sites for hydroxylation is 1. The number of nitrogens with zero attached hydrogens (tertiary/aromatic N) is 5. The Labute approximate surface area is 105 Å². The standard InChI is InChI=1S/C10H8F3N5O/c1-6-2-7(10(11,12)13)3-15-8(6)9(17-19)18-5-14-4-16-18/h2-5,19H,1H3/b17-9-. The van der Waals surface area contributed by atoms with E-state index < -0.39 is 11.7 Å². The largest absolute Gasteiger partial charge is 0.417 e. The van der Waals surface area contributed by atoms with Crippen LogP contribution in [0.5, 0.6) is 0 Å². The van der Waals surface area contributed by atoms with Gasteiger partial charge in [-0.3, -0.25) is 4.98 Å². The molecule has 0 aromatic carbocycles. The maximum Gasteiger partial charge on any atom is 0.417 e. The summed E-state index contributed by atoms with van der Waals surface area (Å²) in [7, 11) is 0. The van der Waals surface area contributed by atoms with Crippen LogP contribution in [-0.4, -0.2) is 30.8 Å². The Kier molecular flexibility index (Phi) is 3.19. The van der Waals surface area contributed by atoms with E-state index in [1.807, 2.05) is 0 Å². The van der Waals surface area contributed by atoms with Crippen molar-refractivity contribution in [1.29, 1.82) is 0 Å². The van der Waals surface area contributed by atoms with E-state index in [4.69, 9.17) is 5.21 Å². The lowest BCUT2D eigenvalue weighted by molar-refractivity contribution is -0.137. The molecule has 0 bridgehead atoms. The fourth-order valence-corrected chi connectivity index (χ4v) is 1.48. The number of halogens is 3. The number of hydrogen-bond acceptors (Lipinski definition) is 5. The molecule has 2 aromatic rings. The van der Waals surface area contributed by atoms with Crippen molar-refractivity contribution in [1.82, 2.24) is 19.7 Å². The van der Waals surface area contributed by atoms with Crippen LogP contribution in [0.3, 0.4) is 0 Å². The average molecular weight is 271 g/mol. The van der Waals surface area contributed by atoms with E-state index in [-0.39, 0.29) is 17.1 Å². The highest BCUT2D eigenvalue weighted by Gasteiger charge is 2.31. The van der Waals surface area contributed by atoms with Gasteiger partial charge in [-0.15, -0.1) is 0 Å². The monoisotopic (exact) mass is 271 g/mol. The van der Waals surface area contributed by atoms with Gasteiger partial charge in [0.2, 0.25) is 5.84 Å². The number of pyridine rings is 1. The van der Waals surface area contributed by atoms with Crippen LogP contribution in [0.4, 0.5) is 13.2 Å². The molecule has 1 N–H and O–H groups in total. The van der Waals surface area contributed by atoms with Gasteiger partial charge in [-0.2, -0.15) is 23.0 Å². The van der Waals surface area contributed by atoms with Gasteiger partial charge in [0, 0.05) is 6.20 Å². The Hall–Kier alpha value is -2.45. The van der Waals surface area contributed by atoms with Crippen LogP contribution in [-0.2, 0) is 6.18 Å². The molecular formula is C10H8F3N5O. The van der Waals surface area contributed by atoms with E-state index in [9.17, 15) is 13.2 Å². The van der Waals surface area contributed by atoms with Gasteiger partial charge in [-0.1, -0.05) is 5.16 Å². The van der Waals surface area contributed by atoms with Crippen molar-refractivity contribution in [3.05, 3.63) is 41.7 Å². The van der Waals surface area contributed by atoms with Gasteiger partial charge in [0.15, 0.2) is 0 Å². The molecular weight excluding hydrogens is 263 g/mol. The molecule has 0 aliphatic heterocycles. The lowest BCUT2D eigenvalue weighted by Crippen LogP contribution is -2.18. The molecule has 0 spiro atoms. The average Bonchev–Trinajstić information content (AvgIpc) is 2.84. The van der Waals surface area contributed by atoms with E-state index in [2.05, 4.69) is 20.2 Å². The van der Waals surface area contributed by atoms with Crippen molar-refractivity contribution in [2.75, 3.05) is 0 Å². The van der Waals surface area contributed by atoms with Crippen LogP contribution in [0.15, 0.2) is 30.1 Å². The second-order valence-electron chi connectivity index (χ2n) is 3.65. The maximum atomic E-state index is 12.5. The van der Waals surface area contributed by atoms with Crippen LogP contribution >= 0.6 is 0 Å². The molecule has 0 fully saturated rings. The summed E-state index contributed by atoms with van der Waals surface area (Å²) < 4.78 is 38.6. The highest BCUT2D eigenvalue weighted by atomic mass is 19.4. The molecule has 9 heteroatoms. The highest BCUT2D eigenvalue weighted by molar-refractivity contribution is 5.98. The third-order valence-corrected chi connectivity index (χ3v) is 2.35. The SMILES string of the molecule is Cc1cc(C(F)(F)F)cnc1/C(=N/O)n1cncn1. The van der Waals surface area contributed by atoms with Crippen LogP contribution in [0.1, 0.15) is 16.8 Å². The van der Waals surface area contributed by atoms with Crippen LogP contribution in [0, 0.1) is 6.92 Å². The predicted molar refractivity (Wildman–Crippen MR) is 57.7 cm³/mol. The van der Waals surface area contributed by atoms with E-state index in [0.29, 0.717) is 6.20 Å². The molecule has 19 heavy (non-hydrogen) atoms. The van der Waals surface area contributed by atoms with Gasteiger partial charge in [0.05, 0.1) is 5.56 Å². The summed E-state index contributed by atoms with van der Waals surface area (Å²) in [5.41, 5.74) is -0.580. The van der Waals surface area contributed by atoms with E-state index in [1.54, 1.807) is 0 Å². The second-order valence-corrected chi connectivity index (χ2v) is 3.65. The molecule has 6 nitrogen and oxygen atoms in total. The number of rotatable bonds is 1.